The molecule has 0 aliphatic rings. The molecule has 3 rings (SSSR count). The van der Waals surface area contributed by atoms with E-state index in [9.17, 15) is 0 Å². The van der Waals surface area contributed by atoms with Crippen LogP contribution in [0, 0.1) is 6.92 Å². The number of ether oxygens (including phenoxy) is 1. The van der Waals surface area contributed by atoms with Gasteiger partial charge in [-0.05, 0) is 31.2 Å². The van der Waals surface area contributed by atoms with Gasteiger partial charge in [0.05, 0.1) is 11.1 Å². The Balaban J connectivity index is 1.95. The molecule has 2 heterocycles. The summed E-state index contributed by atoms with van der Waals surface area (Å²) in [5.41, 5.74) is 8.20. The van der Waals surface area contributed by atoms with Crippen molar-refractivity contribution in [3.63, 3.8) is 0 Å². The molecule has 2 N–H and O–H groups in total. The summed E-state index contributed by atoms with van der Waals surface area (Å²) in [6, 6.07) is 13.4. The molecule has 106 valence electrons. The molecule has 0 bridgehead atoms. The number of para-hydroxylation sites is 1. The summed E-state index contributed by atoms with van der Waals surface area (Å²) in [5.74, 6) is 0.972. The number of fused-ring (bicyclic) bond motifs is 1. The zero-order valence-electron chi connectivity index (χ0n) is 11.5. The van der Waals surface area contributed by atoms with Crippen molar-refractivity contribution in [2.24, 2.45) is 5.73 Å². The first-order valence-corrected chi connectivity index (χ1v) is 6.92. The Morgan fingerprint density at radius 1 is 1.24 bits per heavy atom. The zero-order chi connectivity index (χ0) is 14.8. The highest BCUT2D eigenvalue weighted by molar-refractivity contribution is 7.80. The smallest absolute Gasteiger partial charge is 0.204 e. The lowest BCUT2D eigenvalue weighted by Gasteiger charge is -2.06. The third-order valence-electron chi connectivity index (χ3n) is 3.08. The first-order valence-electron chi connectivity index (χ1n) is 6.52. The Kier molecular flexibility index (Phi) is 3.58. The highest BCUT2D eigenvalue weighted by Gasteiger charge is 2.17. The average molecular weight is 298 g/mol. The van der Waals surface area contributed by atoms with Crippen LogP contribution < -0.4 is 10.5 Å². The number of rotatable bonds is 4. The maximum Gasteiger partial charge on any atom is 0.204 e. The van der Waals surface area contributed by atoms with Gasteiger partial charge >= 0.3 is 0 Å². The number of thiocarbonyl (C=S) groups is 1. The molecule has 4 nitrogen and oxygen atoms in total. The average Bonchev–Trinajstić information content (AvgIpc) is 2.84. The molecular weight excluding hydrogens is 284 g/mol. The van der Waals surface area contributed by atoms with Gasteiger partial charge in [-0.25, -0.2) is 0 Å². The topological polar surface area (TPSA) is 61.3 Å². The van der Waals surface area contributed by atoms with Gasteiger partial charge in [-0.15, -0.1) is 0 Å². The van der Waals surface area contributed by atoms with Crippen molar-refractivity contribution in [2.75, 3.05) is 0 Å². The fourth-order valence-electron chi connectivity index (χ4n) is 2.15. The molecule has 21 heavy (non-hydrogen) atoms. The van der Waals surface area contributed by atoms with Gasteiger partial charge in [-0.2, -0.15) is 0 Å². The van der Waals surface area contributed by atoms with Gasteiger partial charge in [0.2, 0.25) is 5.76 Å². The molecular formula is C16H14N2O2S. The van der Waals surface area contributed by atoms with Crippen molar-refractivity contribution in [1.82, 2.24) is 4.98 Å². The highest BCUT2D eigenvalue weighted by Crippen LogP contribution is 2.33. The lowest BCUT2D eigenvalue weighted by atomic mass is 10.2. The van der Waals surface area contributed by atoms with E-state index in [4.69, 9.17) is 27.1 Å². The van der Waals surface area contributed by atoms with Crippen LogP contribution in [-0.2, 0) is 6.61 Å². The minimum absolute atomic E-state index is 0.179. The summed E-state index contributed by atoms with van der Waals surface area (Å²) in [5, 5.41) is 0.855. The van der Waals surface area contributed by atoms with Crippen LogP contribution in [0.25, 0.3) is 11.0 Å². The van der Waals surface area contributed by atoms with Gasteiger partial charge < -0.3 is 14.9 Å². The van der Waals surface area contributed by atoms with Crippen molar-refractivity contribution in [1.29, 1.82) is 0 Å². The SMILES string of the molecule is Cc1cccc(COc2c(C(N)=S)oc3ccccc23)n1. The fraction of sp³-hybridized carbons (Fsp3) is 0.125. The molecule has 5 heteroatoms. The van der Waals surface area contributed by atoms with E-state index in [-0.39, 0.29) is 4.99 Å². The summed E-state index contributed by atoms with van der Waals surface area (Å²) in [4.78, 5) is 4.59. The molecule has 0 spiro atoms. The quantitative estimate of drug-likeness (QED) is 0.748. The predicted molar refractivity (Wildman–Crippen MR) is 85.4 cm³/mol. The lowest BCUT2D eigenvalue weighted by Crippen LogP contribution is -2.10. The Labute approximate surface area is 127 Å². The lowest BCUT2D eigenvalue weighted by molar-refractivity contribution is 0.299. The molecule has 0 aliphatic carbocycles. The van der Waals surface area contributed by atoms with Gasteiger partial charge in [0, 0.05) is 5.69 Å². The number of aryl methyl sites for hydroxylation is 1. The summed E-state index contributed by atoms with van der Waals surface area (Å²) in [6.07, 6.45) is 0. The second kappa shape index (κ2) is 5.54. The number of aromatic nitrogens is 1. The number of furan rings is 1. The van der Waals surface area contributed by atoms with Gasteiger partial charge in [0.15, 0.2) is 5.75 Å². The third kappa shape index (κ3) is 2.73. The van der Waals surface area contributed by atoms with Gasteiger partial charge in [-0.1, -0.05) is 30.4 Å². The Morgan fingerprint density at radius 2 is 2.05 bits per heavy atom. The van der Waals surface area contributed by atoms with E-state index in [1.165, 1.54) is 0 Å². The maximum atomic E-state index is 5.87. The van der Waals surface area contributed by atoms with Crippen LogP contribution in [0.5, 0.6) is 5.75 Å². The minimum atomic E-state index is 0.179. The number of hydrogen-bond acceptors (Lipinski definition) is 4. The molecule has 3 aromatic rings. The number of pyridine rings is 1. The summed E-state index contributed by atoms with van der Waals surface area (Å²) in [6.45, 7) is 2.28. The summed E-state index contributed by atoms with van der Waals surface area (Å²) < 4.78 is 11.5. The molecule has 1 aromatic carbocycles. The van der Waals surface area contributed by atoms with E-state index in [1.54, 1.807) is 0 Å². The monoisotopic (exact) mass is 298 g/mol. The van der Waals surface area contributed by atoms with Crippen molar-refractivity contribution in [3.05, 3.63) is 59.6 Å². The third-order valence-corrected chi connectivity index (χ3v) is 3.27. The van der Waals surface area contributed by atoms with Crippen molar-refractivity contribution >= 4 is 28.2 Å². The minimum Gasteiger partial charge on any atom is -0.482 e. The van der Waals surface area contributed by atoms with E-state index < -0.39 is 0 Å². The Bertz CT molecular complexity index is 811. The standard InChI is InChI=1S/C16H14N2O2S/c1-10-5-4-6-11(18-10)9-19-14-12-7-2-3-8-13(12)20-15(14)16(17)21/h2-8H,9H2,1H3,(H2,17,21). The molecule has 0 atom stereocenters. The second-order valence-electron chi connectivity index (χ2n) is 4.68. The van der Waals surface area contributed by atoms with Gasteiger partial charge in [0.25, 0.3) is 0 Å². The predicted octanol–water partition coefficient (Wildman–Crippen LogP) is 3.35. The van der Waals surface area contributed by atoms with Crippen molar-refractivity contribution < 1.29 is 9.15 Å². The number of benzene rings is 1. The van der Waals surface area contributed by atoms with Crippen LogP contribution in [0.3, 0.4) is 0 Å². The van der Waals surface area contributed by atoms with Crippen LogP contribution >= 0.6 is 12.2 Å². The van der Waals surface area contributed by atoms with Crippen LogP contribution in [0.2, 0.25) is 0 Å². The number of nitrogens with zero attached hydrogens (tertiary/aromatic N) is 1. The molecule has 0 fully saturated rings. The number of nitrogens with two attached hydrogens (primary N) is 1. The highest BCUT2D eigenvalue weighted by atomic mass is 32.1. The maximum absolute atomic E-state index is 5.87. The van der Waals surface area contributed by atoms with Crippen molar-refractivity contribution in [3.8, 4) is 5.75 Å². The van der Waals surface area contributed by atoms with Crippen LogP contribution in [-0.4, -0.2) is 9.97 Å². The fourth-order valence-corrected chi connectivity index (χ4v) is 2.29. The van der Waals surface area contributed by atoms with E-state index in [0.29, 0.717) is 23.7 Å². The molecule has 2 aromatic heterocycles. The molecule has 0 radical (unpaired) electrons. The molecule has 0 saturated carbocycles. The molecule has 0 amide bonds. The Morgan fingerprint density at radius 3 is 2.81 bits per heavy atom. The second-order valence-corrected chi connectivity index (χ2v) is 5.12. The number of hydrogen-bond donors (Lipinski definition) is 1. The first kappa shape index (κ1) is 13.6. The summed E-state index contributed by atoms with van der Waals surface area (Å²) >= 11 is 5.03. The van der Waals surface area contributed by atoms with E-state index in [1.807, 2.05) is 49.4 Å². The summed E-state index contributed by atoms with van der Waals surface area (Å²) in [7, 11) is 0. The van der Waals surface area contributed by atoms with Crippen LogP contribution in [0.15, 0.2) is 46.9 Å². The van der Waals surface area contributed by atoms with Crippen LogP contribution in [0.1, 0.15) is 17.1 Å². The molecule has 0 saturated heterocycles. The zero-order valence-corrected chi connectivity index (χ0v) is 12.3. The van der Waals surface area contributed by atoms with E-state index in [2.05, 4.69) is 4.98 Å². The van der Waals surface area contributed by atoms with E-state index >= 15 is 0 Å². The Hall–Kier alpha value is -2.40. The largest absolute Gasteiger partial charge is 0.482 e. The van der Waals surface area contributed by atoms with Gasteiger partial charge in [0.1, 0.15) is 17.2 Å². The van der Waals surface area contributed by atoms with Crippen LogP contribution in [0.4, 0.5) is 0 Å². The molecule has 0 unspecified atom stereocenters. The normalized spacial score (nSPS) is 10.7. The first-order chi connectivity index (χ1) is 10.1. The van der Waals surface area contributed by atoms with Crippen molar-refractivity contribution in [2.45, 2.75) is 13.5 Å². The van der Waals surface area contributed by atoms with E-state index in [0.717, 1.165) is 16.8 Å². The molecule has 0 aliphatic heterocycles. The van der Waals surface area contributed by atoms with Gasteiger partial charge in [-0.3, -0.25) is 4.98 Å².